The minimum Gasteiger partial charge on any atom is -0.409 e. The van der Waals surface area contributed by atoms with E-state index in [1.165, 1.54) is 6.20 Å². The lowest BCUT2D eigenvalue weighted by molar-refractivity contribution is 0.0909. The van der Waals surface area contributed by atoms with Crippen molar-refractivity contribution >= 4 is 11.7 Å². The highest BCUT2D eigenvalue weighted by Crippen LogP contribution is 2.10. The average Bonchev–Trinajstić information content (AvgIpc) is 2.95. The highest BCUT2D eigenvalue weighted by molar-refractivity contribution is 5.92. The molecule has 9 nitrogen and oxygen atoms in total. The van der Waals surface area contributed by atoms with Crippen LogP contribution in [0.3, 0.4) is 0 Å². The van der Waals surface area contributed by atoms with E-state index in [9.17, 15) is 4.79 Å². The highest BCUT2D eigenvalue weighted by atomic mass is 16.4. The fourth-order valence-electron chi connectivity index (χ4n) is 2.07. The molecule has 0 saturated carbocycles. The molecule has 0 bridgehead atoms. The van der Waals surface area contributed by atoms with E-state index in [0.717, 1.165) is 25.9 Å². The second-order valence-corrected chi connectivity index (χ2v) is 4.47. The molecular formula is C10H17N7O2. The van der Waals surface area contributed by atoms with Crippen LogP contribution in [0.15, 0.2) is 11.4 Å². The number of aromatic nitrogens is 3. The lowest BCUT2D eigenvalue weighted by atomic mass is 10.0. The molecule has 104 valence electrons. The minimum atomic E-state index is -0.219. The van der Waals surface area contributed by atoms with Gasteiger partial charge in [-0.1, -0.05) is 5.16 Å². The molecule has 9 heteroatoms. The Hall–Kier alpha value is -2.16. The van der Waals surface area contributed by atoms with Gasteiger partial charge in [0, 0.05) is 19.1 Å². The monoisotopic (exact) mass is 267 g/mol. The fourth-order valence-corrected chi connectivity index (χ4v) is 2.07. The van der Waals surface area contributed by atoms with Gasteiger partial charge >= 0.3 is 0 Å². The normalized spacial score (nSPS) is 18.4. The largest absolute Gasteiger partial charge is 0.409 e. The maximum atomic E-state index is 11.8. The van der Waals surface area contributed by atoms with Crippen LogP contribution in [0.25, 0.3) is 0 Å². The van der Waals surface area contributed by atoms with Gasteiger partial charge < -0.3 is 16.3 Å². The Morgan fingerprint density at radius 2 is 2.37 bits per heavy atom. The van der Waals surface area contributed by atoms with Crippen molar-refractivity contribution in [2.75, 3.05) is 19.6 Å². The van der Waals surface area contributed by atoms with Crippen LogP contribution >= 0.6 is 0 Å². The van der Waals surface area contributed by atoms with Gasteiger partial charge in [0.25, 0.3) is 5.91 Å². The number of carbonyl (C=O) groups is 1. The Balaban J connectivity index is 1.76. The first-order valence-electron chi connectivity index (χ1n) is 6.04. The molecule has 19 heavy (non-hydrogen) atoms. The summed E-state index contributed by atoms with van der Waals surface area (Å²) in [5.74, 6) is -0.0197. The van der Waals surface area contributed by atoms with Gasteiger partial charge in [0.2, 0.25) is 0 Å². The summed E-state index contributed by atoms with van der Waals surface area (Å²) in [5, 5.41) is 24.1. The Morgan fingerprint density at radius 1 is 1.63 bits per heavy atom. The van der Waals surface area contributed by atoms with Crippen molar-refractivity contribution in [3.8, 4) is 0 Å². The highest BCUT2D eigenvalue weighted by Gasteiger charge is 2.22. The van der Waals surface area contributed by atoms with Gasteiger partial charge in [0.1, 0.15) is 0 Å². The summed E-state index contributed by atoms with van der Waals surface area (Å²) in [6.07, 6.45) is 3.04. The molecular weight excluding hydrogens is 250 g/mol. The van der Waals surface area contributed by atoms with Crippen LogP contribution in [0, 0.1) is 0 Å². The molecule has 0 aromatic carbocycles. The number of rotatable bonds is 4. The van der Waals surface area contributed by atoms with Crippen molar-refractivity contribution < 1.29 is 10.0 Å². The lowest BCUT2D eigenvalue weighted by Gasteiger charge is -2.31. The summed E-state index contributed by atoms with van der Waals surface area (Å²) in [6.45, 7) is 2.03. The number of nitrogens with two attached hydrogens (primary N) is 1. The third-order valence-corrected chi connectivity index (χ3v) is 3.08. The number of nitrogens with zero attached hydrogens (tertiary/aromatic N) is 4. The van der Waals surface area contributed by atoms with E-state index >= 15 is 0 Å². The molecule has 0 radical (unpaired) electrons. The van der Waals surface area contributed by atoms with Crippen molar-refractivity contribution in [3.05, 3.63) is 11.9 Å². The third kappa shape index (κ3) is 3.65. The molecule has 1 aliphatic heterocycles. The summed E-state index contributed by atoms with van der Waals surface area (Å²) < 4.78 is 0. The average molecular weight is 267 g/mol. The number of hydrogen-bond acceptors (Lipinski definition) is 6. The maximum absolute atomic E-state index is 11.8. The molecule has 1 aliphatic rings. The predicted octanol–water partition coefficient (Wildman–Crippen LogP) is -1.25. The molecule has 1 aromatic rings. The van der Waals surface area contributed by atoms with E-state index in [0.29, 0.717) is 12.2 Å². The zero-order valence-corrected chi connectivity index (χ0v) is 10.4. The lowest BCUT2D eigenvalue weighted by Crippen LogP contribution is -2.46. The first kappa shape index (κ1) is 13.3. The molecule has 0 aliphatic carbocycles. The summed E-state index contributed by atoms with van der Waals surface area (Å²) in [7, 11) is 0. The molecule has 2 rings (SSSR count). The van der Waals surface area contributed by atoms with Crippen molar-refractivity contribution in [3.63, 3.8) is 0 Å². The van der Waals surface area contributed by atoms with Crippen molar-refractivity contribution in [1.82, 2.24) is 25.6 Å². The summed E-state index contributed by atoms with van der Waals surface area (Å²) in [6, 6.07) is 0.118. The van der Waals surface area contributed by atoms with E-state index in [2.05, 4.69) is 30.8 Å². The molecule has 1 saturated heterocycles. The number of amidine groups is 1. The topological polar surface area (TPSA) is 133 Å². The number of H-pyrrole nitrogens is 1. The second kappa shape index (κ2) is 6.14. The van der Waals surface area contributed by atoms with E-state index in [1.54, 1.807) is 0 Å². The number of oxime groups is 1. The summed E-state index contributed by atoms with van der Waals surface area (Å²) in [5.41, 5.74) is 5.74. The van der Waals surface area contributed by atoms with Gasteiger partial charge in [-0.15, -0.1) is 0 Å². The van der Waals surface area contributed by atoms with E-state index in [4.69, 9.17) is 10.9 Å². The van der Waals surface area contributed by atoms with E-state index in [-0.39, 0.29) is 17.8 Å². The Morgan fingerprint density at radius 3 is 2.95 bits per heavy atom. The fraction of sp³-hybridized carbons (Fsp3) is 0.600. The molecule has 1 aromatic heterocycles. The van der Waals surface area contributed by atoms with Crippen molar-refractivity contribution in [2.24, 2.45) is 10.9 Å². The Bertz CT molecular complexity index is 437. The van der Waals surface area contributed by atoms with E-state index < -0.39 is 0 Å². The quantitative estimate of drug-likeness (QED) is 0.233. The van der Waals surface area contributed by atoms with Crippen molar-refractivity contribution in [2.45, 2.75) is 18.9 Å². The maximum Gasteiger partial charge on any atom is 0.273 e. The number of piperidine rings is 1. The van der Waals surface area contributed by atoms with Gasteiger partial charge in [-0.2, -0.15) is 15.4 Å². The van der Waals surface area contributed by atoms with Crippen LogP contribution < -0.4 is 11.1 Å². The standard InChI is InChI=1S/C10H17N7O2/c11-9(15-19)6-17-3-1-7(2-4-17)13-10(18)8-5-12-16-14-8/h5,7,19H,1-4,6H2,(H2,11,15)(H,13,18)(H,12,14,16). The SMILES string of the molecule is NC(CN1CCC(NC(=O)c2cn[nH]n2)CC1)=NO. The molecule has 5 N–H and O–H groups in total. The number of likely N-dealkylation sites (tertiary alicyclic amines) is 1. The Kier molecular flexibility index (Phi) is 4.29. The molecule has 1 fully saturated rings. The molecule has 2 heterocycles. The van der Waals surface area contributed by atoms with Gasteiger partial charge in [-0.3, -0.25) is 9.69 Å². The second-order valence-electron chi connectivity index (χ2n) is 4.47. The number of nitrogens with one attached hydrogen (secondary N) is 2. The van der Waals surface area contributed by atoms with Gasteiger partial charge in [0.15, 0.2) is 11.5 Å². The zero-order chi connectivity index (χ0) is 13.7. The first-order valence-corrected chi connectivity index (χ1v) is 6.04. The minimum absolute atomic E-state index is 0.118. The summed E-state index contributed by atoms with van der Waals surface area (Å²) >= 11 is 0. The number of aromatic amines is 1. The van der Waals surface area contributed by atoms with Gasteiger partial charge in [-0.05, 0) is 12.8 Å². The van der Waals surface area contributed by atoms with Crippen molar-refractivity contribution in [1.29, 1.82) is 0 Å². The number of hydrogen-bond donors (Lipinski definition) is 4. The van der Waals surface area contributed by atoms with Gasteiger partial charge in [0.05, 0.1) is 12.7 Å². The van der Waals surface area contributed by atoms with Crippen LogP contribution in [-0.2, 0) is 0 Å². The van der Waals surface area contributed by atoms with Crippen LogP contribution in [0.4, 0.5) is 0 Å². The van der Waals surface area contributed by atoms with E-state index in [1.807, 2.05) is 0 Å². The smallest absolute Gasteiger partial charge is 0.273 e. The summed E-state index contributed by atoms with van der Waals surface area (Å²) in [4.78, 5) is 13.8. The molecule has 1 amide bonds. The molecule has 0 spiro atoms. The van der Waals surface area contributed by atoms with Crippen LogP contribution in [0.2, 0.25) is 0 Å². The predicted molar refractivity (Wildman–Crippen MR) is 66.7 cm³/mol. The zero-order valence-electron chi connectivity index (χ0n) is 10.4. The van der Waals surface area contributed by atoms with Crippen LogP contribution in [0.5, 0.6) is 0 Å². The Labute approximate surface area is 109 Å². The molecule has 0 unspecified atom stereocenters. The van der Waals surface area contributed by atoms with Crippen LogP contribution in [0.1, 0.15) is 23.3 Å². The van der Waals surface area contributed by atoms with Gasteiger partial charge in [-0.25, -0.2) is 0 Å². The van der Waals surface area contributed by atoms with Crippen LogP contribution in [-0.4, -0.2) is 62.9 Å². The molecule has 0 atom stereocenters. The third-order valence-electron chi connectivity index (χ3n) is 3.08. The number of carbonyl (C=O) groups excluding carboxylic acids is 1. The number of amides is 1. The first-order chi connectivity index (χ1) is 9.19.